The van der Waals surface area contributed by atoms with E-state index < -0.39 is 0 Å². The number of aryl methyl sites for hydroxylation is 1. The second-order valence-electron chi connectivity index (χ2n) is 10.4. The van der Waals surface area contributed by atoms with Crippen molar-refractivity contribution in [3.63, 3.8) is 0 Å². The Balaban J connectivity index is 1.59. The lowest BCUT2D eigenvalue weighted by Crippen LogP contribution is -2.41. The van der Waals surface area contributed by atoms with Crippen molar-refractivity contribution in [3.05, 3.63) is 72.0 Å². The molecule has 1 aliphatic rings. The van der Waals surface area contributed by atoms with E-state index in [1.54, 1.807) is 6.08 Å². The Morgan fingerprint density at radius 2 is 1.81 bits per heavy atom. The van der Waals surface area contributed by atoms with Gasteiger partial charge in [-0.15, -0.1) is 0 Å². The first-order valence-corrected chi connectivity index (χ1v) is 13.0. The van der Waals surface area contributed by atoms with Gasteiger partial charge in [0.25, 0.3) is 0 Å². The van der Waals surface area contributed by atoms with Crippen LogP contribution < -0.4 is 4.74 Å². The molecule has 0 N–H and O–H groups in total. The topological polar surface area (TPSA) is 42.7 Å². The van der Waals surface area contributed by atoms with E-state index in [9.17, 15) is 4.79 Å². The van der Waals surface area contributed by atoms with E-state index in [-0.39, 0.29) is 5.91 Å². The summed E-state index contributed by atoms with van der Waals surface area (Å²) in [6.45, 7) is 12.7. The summed E-state index contributed by atoms with van der Waals surface area (Å²) in [5, 5.41) is 3.43. The number of rotatable bonds is 5. The molecule has 4 aromatic rings. The summed E-state index contributed by atoms with van der Waals surface area (Å²) in [5.74, 6) is 1.92. The first kappa shape index (κ1) is 24.2. The summed E-state index contributed by atoms with van der Waals surface area (Å²) < 4.78 is 12.2. The molecular formula is C32H35NO3. The number of carbonyl (C=O) groups is 1. The quantitative estimate of drug-likeness (QED) is 0.272. The van der Waals surface area contributed by atoms with Gasteiger partial charge in [-0.1, -0.05) is 50.2 Å². The lowest BCUT2D eigenvalue weighted by molar-refractivity contribution is -0.128. The Morgan fingerprint density at radius 3 is 2.53 bits per heavy atom. The summed E-state index contributed by atoms with van der Waals surface area (Å²) in [6.07, 6.45) is 4.79. The van der Waals surface area contributed by atoms with Crippen molar-refractivity contribution < 1.29 is 13.9 Å². The SMILES string of the molecule is CCOc1c(/C(C)=C/C(=O)N2CC(C)CC(C)C2)cc2c(-c3ccc4ccccc4c3)coc2c1C. The highest BCUT2D eigenvalue weighted by Gasteiger charge is 2.25. The average molecular weight is 482 g/mol. The molecule has 0 saturated carbocycles. The van der Waals surface area contributed by atoms with Crippen LogP contribution in [0.2, 0.25) is 0 Å². The lowest BCUT2D eigenvalue weighted by atomic mass is 9.91. The van der Waals surface area contributed by atoms with Gasteiger partial charge in [-0.25, -0.2) is 0 Å². The second-order valence-corrected chi connectivity index (χ2v) is 10.4. The number of benzene rings is 3. The Labute approximate surface area is 213 Å². The highest BCUT2D eigenvalue weighted by molar-refractivity contribution is 6.02. The summed E-state index contributed by atoms with van der Waals surface area (Å²) in [6, 6.07) is 17.0. The maximum atomic E-state index is 13.2. The molecule has 1 fully saturated rings. The van der Waals surface area contributed by atoms with Crippen molar-refractivity contribution in [2.45, 2.75) is 41.0 Å². The molecule has 1 saturated heterocycles. The van der Waals surface area contributed by atoms with Gasteiger partial charge in [-0.05, 0) is 73.1 Å². The highest BCUT2D eigenvalue weighted by Crippen LogP contribution is 2.41. The Hall–Kier alpha value is -3.53. The zero-order valence-electron chi connectivity index (χ0n) is 21.9. The average Bonchev–Trinajstić information content (AvgIpc) is 3.29. The molecular weight excluding hydrogens is 446 g/mol. The molecule has 0 aliphatic carbocycles. The predicted molar refractivity (Wildman–Crippen MR) is 148 cm³/mol. The number of piperidine rings is 1. The largest absolute Gasteiger partial charge is 0.493 e. The van der Waals surface area contributed by atoms with Gasteiger partial charge in [0.05, 0.1) is 12.9 Å². The number of hydrogen-bond donors (Lipinski definition) is 0. The van der Waals surface area contributed by atoms with Gasteiger partial charge in [-0.2, -0.15) is 0 Å². The number of fused-ring (bicyclic) bond motifs is 2. The number of allylic oxidation sites excluding steroid dienone is 1. The number of furan rings is 1. The fourth-order valence-electron chi connectivity index (χ4n) is 5.72. The van der Waals surface area contributed by atoms with Gasteiger partial charge in [0.2, 0.25) is 5.91 Å². The highest BCUT2D eigenvalue weighted by atomic mass is 16.5. The summed E-state index contributed by atoms with van der Waals surface area (Å²) in [4.78, 5) is 15.2. The van der Waals surface area contributed by atoms with Crippen LogP contribution in [0.25, 0.3) is 38.4 Å². The summed E-state index contributed by atoms with van der Waals surface area (Å²) in [5.41, 5.74) is 5.78. The van der Waals surface area contributed by atoms with Gasteiger partial charge in [0.1, 0.15) is 11.3 Å². The van der Waals surface area contributed by atoms with Crippen LogP contribution in [0.5, 0.6) is 5.75 Å². The van der Waals surface area contributed by atoms with E-state index in [0.29, 0.717) is 18.4 Å². The molecule has 1 aromatic heterocycles. The third kappa shape index (κ3) is 4.53. The lowest BCUT2D eigenvalue weighted by Gasteiger charge is -2.34. The van der Waals surface area contributed by atoms with Crippen LogP contribution in [-0.2, 0) is 4.79 Å². The molecule has 2 heterocycles. The van der Waals surface area contributed by atoms with E-state index >= 15 is 0 Å². The molecule has 2 atom stereocenters. The van der Waals surface area contributed by atoms with E-state index in [4.69, 9.17) is 9.15 Å². The van der Waals surface area contributed by atoms with Gasteiger partial charge in [-0.3, -0.25) is 4.79 Å². The molecule has 2 unspecified atom stereocenters. The number of likely N-dealkylation sites (tertiary alicyclic amines) is 1. The van der Waals surface area contributed by atoms with E-state index in [1.165, 1.54) is 17.2 Å². The predicted octanol–water partition coefficient (Wildman–Crippen LogP) is 7.87. The van der Waals surface area contributed by atoms with Crippen LogP contribution in [0.1, 0.15) is 45.2 Å². The van der Waals surface area contributed by atoms with Gasteiger partial charge < -0.3 is 14.1 Å². The van der Waals surface area contributed by atoms with Gasteiger partial charge >= 0.3 is 0 Å². The molecule has 0 spiro atoms. The molecule has 1 aliphatic heterocycles. The van der Waals surface area contributed by atoms with E-state index in [2.05, 4.69) is 62.4 Å². The number of nitrogens with zero attached hydrogens (tertiary/aromatic N) is 1. The maximum Gasteiger partial charge on any atom is 0.246 e. The molecule has 0 radical (unpaired) electrons. The minimum Gasteiger partial charge on any atom is -0.493 e. The Morgan fingerprint density at radius 1 is 1.08 bits per heavy atom. The Bertz CT molecular complexity index is 1450. The van der Waals surface area contributed by atoms with Crippen molar-refractivity contribution in [3.8, 4) is 16.9 Å². The van der Waals surface area contributed by atoms with Crippen LogP contribution in [0.3, 0.4) is 0 Å². The molecule has 5 rings (SSSR count). The fourth-order valence-corrected chi connectivity index (χ4v) is 5.72. The van der Waals surface area contributed by atoms with Crippen LogP contribution in [0, 0.1) is 18.8 Å². The molecule has 0 bridgehead atoms. The standard InChI is InChI=1S/C32H35NO3/c1-6-35-31-23(5)32-28(29(19-36-32)26-12-11-24-9-7-8-10-25(24)15-26)16-27(31)22(4)14-30(34)33-17-20(2)13-21(3)18-33/h7-12,14-16,19-21H,6,13,17-18H2,1-5H3/b22-14+. The van der Waals surface area contributed by atoms with Crippen molar-refractivity contribution in [1.82, 2.24) is 4.90 Å². The number of hydrogen-bond acceptors (Lipinski definition) is 3. The van der Waals surface area contributed by atoms with Crippen molar-refractivity contribution in [2.75, 3.05) is 19.7 Å². The normalized spacial score (nSPS) is 18.7. The van der Waals surface area contributed by atoms with Crippen molar-refractivity contribution in [1.29, 1.82) is 0 Å². The third-order valence-corrected chi connectivity index (χ3v) is 7.34. The zero-order chi connectivity index (χ0) is 25.4. The first-order chi connectivity index (χ1) is 17.4. The van der Waals surface area contributed by atoms with Crippen molar-refractivity contribution >= 4 is 33.2 Å². The van der Waals surface area contributed by atoms with E-state index in [0.717, 1.165) is 57.6 Å². The van der Waals surface area contributed by atoms with E-state index in [1.807, 2.05) is 31.9 Å². The van der Waals surface area contributed by atoms with Crippen LogP contribution in [0.15, 0.2) is 65.3 Å². The minimum atomic E-state index is 0.0769. The number of ether oxygens (including phenoxy) is 1. The maximum absolute atomic E-state index is 13.2. The zero-order valence-corrected chi connectivity index (χ0v) is 21.9. The molecule has 3 aromatic carbocycles. The van der Waals surface area contributed by atoms with Crippen LogP contribution >= 0.6 is 0 Å². The van der Waals surface area contributed by atoms with Crippen LogP contribution in [0.4, 0.5) is 0 Å². The summed E-state index contributed by atoms with van der Waals surface area (Å²) >= 11 is 0. The number of amides is 1. The fraction of sp³-hybridized carbons (Fsp3) is 0.344. The van der Waals surface area contributed by atoms with Crippen LogP contribution in [-0.4, -0.2) is 30.5 Å². The summed E-state index contributed by atoms with van der Waals surface area (Å²) in [7, 11) is 0. The minimum absolute atomic E-state index is 0.0769. The second kappa shape index (κ2) is 9.85. The third-order valence-electron chi connectivity index (χ3n) is 7.34. The smallest absolute Gasteiger partial charge is 0.246 e. The van der Waals surface area contributed by atoms with Gasteiger partial charge in [0.15, 0.2) is 0 Å². The molecule has 186 valence electrons. The van der Waals surface area contributed by atoms with Gasteiger partial charge in [0, 0.05) is 41.2 Å². The molecule has 4 nitrogen and oxygen atoms in total. The molecule has 1 amide bonds. The van der Waals surface area contributed by atoms with Crippen molar-refractivity contribution in [2.24, 2.45) is 11.8 Å². The Kier molecular flexibility index (Phi) is 6.61. The monoisotopic (exact) mass is 481 g/mol. The first-order valence-electron chi connectivity index (χ1n) is 13.0. The molecule has 4 heteroatoms. The molecule has 36 heavy (non-hydrogen) atoms. The number of carbonyl (C=O) groups excluding carboxylic acids is 1.